The maximum Gasteiger partial charge on any atom is 0.119 e. The largest absolute Gasteiger partial charge is 0.493 e. The van der Waals surface area contributed by atoms with E-state index in [2.05, 4.69) is 32.0 Å². The fourth-order valence-electron chi connectivity index (χ4n) is 2.05. The molecule has 2 heteroatoms. The van der Waals surface area contributed by atoms with Gasteiger partial charge in [-0.15, -0.1) is 0 Å². The maximum absolute atomic E-state index is 9.08. The second-order valence-electron chi connectivity index (χ2n) is 4.83. The summed E-state index contributed by atoms with van der Waals surface area (Å²) in [5, 5.41) is 9.08. The van der Waals surface area contributed by atoms with Crippen LogP contribution < -0.4 is 4.74 Å². The zero-order valence-electron chi connectivity index (χ0n) is 11.5. The standard InChI is InChI=1S/C17H20O2/c1-13-3-7-17(8-4-13)19-10-9-16-6-5-15(12-18)11-14(16)2/h3-8,11,18H,9-10,12H2,1-2H3. The molecule has 0 amide bonds. The summed E-state index contributed by atoms with van der Waals surface area (Å²) >= 11 is 0. The van der Waals surface area contributed by atoms with Gasteiger partial charge in [-0.1, -0.05) is 35.9 Å². The van der Waals surface area contributed by atoms with E-state index in [1.165, 1.54) is 16.7 Å². The van der Waals surface area contributed by atoms with Crippen LogP contribution >= 0.6 is 0 Å². The highest BCUT2D eigenvalue weighted by atomic mass is 16.5. The summed E-state index contributed by atoms with van der Waals surface area (Å²) in [6.07, 6.45) is 0.880. The van der Waals surface area contributed by atoms with Crippen LogP contribution in [0.15, 0.2) is 42.5 Å². The maximum atomic E-state index is 9.08. The minimum Gasteiger partial charge on any atom is -0.493 e. The molecule has 100 valence electrons. The highest BCUT2D eigenvalue weighted by Crippen LogP contribution is 2.14. The van der Waals surface area contributed by atoms with Crippen LogP contribution in [0.4, 0.5) is 0 Å². The Morgan fingerprint density at radius 2 is 1.74 bits per heavy atom. The fourth-order valence-corrected chi connectivity index (χ4v) is 2.05. The smallest absolute Gasteiger partial charge is 0.119 e. The van der Waals surface area contributed by atoms with Crippen LogP contribution in [0.1, 0.15) is 22.3 Å². The highest BCUT2D eigenvalue weighted by Gasteiger charge is 2.01. The van der Waals surface area contributed by atoms with Crippen LogP contribution in [0.2, 0.25) is 0 Å². The average Bonchev–Trinajstić information content (AvgIpc) is 2.42. The number of hydrogen-bond donors (Lipinski definition) is 1. The van der Waals surface area contributed by atoms with Crippen molar-refractivity contribution >= 4 is 0 Å². The molecule has 0 unspecified atom stereocenters. The zero-order valence-corrected chi connectivity index (χ0v) is 11.5. The van der Waals surface area contributed by atoms with Gasteiger partial charge >= 0.3 is 0 Å². The third kappa shape index (κ3) is 3.83. The van der Waals surface area contributed by atoms with Gasteiger partial charge in [0, 0.05) is 6.42 Å². The van der Waals surface area contributed by atoms with Crippen molar-refractivity contribution in [1.82, 2.24) is 0 Å². The molecular formula is C17H20O2. The first-order valence-corrected chi connectivity index (χ1v) is 6.58. The molecule has 2 nitrogen and oxygen atoms in total. The Kier molecular flexibility index (Phi) is 4.58. The first-order chi connectivity index (χ1) is 9.19. The van der Waals surface area contributed by atoms with E-state index >= 15 is 0 Å². The molecule has 0 atom stereocenters. The highest BCUT2D eigenvalue weighted by molar-refractivity contribution is 5.31. The molecule has 2 aromatic carbocycles. The lowest BCUT2D eigenvalue weighted by molar-refractivity contribution is 0.281. The Morgan fingerprint density at radius 1 is 1.00 bits per heavy atom. The first-order valence-electron chi connectivity index (χ1n) is 6.58. The topological polar surface area (TPSA) is 29.5 Å². The molecule has 0 aliphatic heterocycles. The van der Waals surface area contributed by atoms with Crippen LogP contribution in [0, 0.1) is 13.8 Å². The normalized spacial score (nSPS) is 10.5. The summed E-state index contributed by atoms with van der Waals surface area (Å²) < 4.78 is 5.73. The molecule has 2 rings (SSSR count). The Bertz CT molecular complexity index is 529. The number of aliphatic hydroxyl groups excluding tert-OH is 1. The summed E-state index contributed by atoms with van der Waals surface area (Å²) in [4.78, 5) is 0. The lowest BCUT2D eigenvalue weighted by Gasteiger charge is -2.09. The first kappa shape index (κ1) is 13.6. The number of aryl methyl sites for hydroxylation is 2. The molecule has 0 aliphatic carbocycles. The lowest BCUT2D eigenvalue weighted by Crippen LogP contribution is -2.03. The van der Waals surface area contributed by atoms with Gasteiger partial charge in [-0.2, -0.15) is 0 Å². The van der Waals surface area contributed by atoms with E-state index in [0.29, 0.717) is 6.61 Å². The second-order valence-corrected chi connectivity index (χ2v) is 4.83. The molecule has 2 aromatic rings. The molecule has 0 bridgehead atoms. The van der Waals surface area contributed by atoms with Crippen LogP contribution in [0.3, 0.4) is 0 Å². The Labute approximate surface area is 114 Å². The van der Waals surface area contributed by atoms with Crippen molar-refractivity contribution < 1.29 is 9.84 Å². The molecule has 0 radical (unpaired) electrons. The number of rotatable bonds is 5. The van der Waals surface area contributed by atoms with E-state index in [0.717, 1.165) is 17.7 Å². The lowest BCUT2D eigenvalue weighted by atomic mass is 10.0. The minimum atomic E-state index is 0.0982. The molecule has 0 fully saturated rings. The van der Waals surface area contributed by atoms with Crippen molar-refractivity contribution in [3.05, 3.63) is 64.7 Å². The quantitative estimate of drug-likeness (QED) is 0.888. The molecule has 19 heavy (non-hydrogen) atoms. The molecule has 0 spiro atoms. The van der Waals surface area contributed by atoms with Crippen LogP contribution in [0.25, 0.3) is 0 Å². The van der Waals surface area contributed by atoms with Gasteiger partial charge < -0.3 is 9.84 Å². The van der Waals surface area contributed by atoms with Crippen LogP contribution in [0.5, 0.6) is 5.75 Å². The molecule has 0 heterocycles. The van der Waals surface area contributed by atoms with E-state index in [4.69, 9.17) is 9.84 Å². The SMILES string of the molecule is Cc1ccc(OCCc2ccc(CO)cc2C)cc1. The van der Waals surface area contributed by atoms with Crippen molar-refractivity contribution in [3.63, 3.8) is 0 Å². The number of benzene rings is 2. The van der Waals surface area contributed by atoms with E-state index in [-0.39, 0.29) is 6.61 Å². The van der Waals surface area contributed by atoms with Crippen LogP contribution in [-0.2, 0) is 13.0 Å². The van der Waals surface area contributed by atoms with Crippen molar-refractivity contribution in [2.45, 2.75) is 26.9 Å². The van der Waals surface area contributed by atoms with Gasteiger partial charge in [0.15, 0.2) is 0 Å². The average molecular weight is 256 g/mol. The van der Waals surface area contributed by atoms with E-state index in [1.54, 1.807) is 0 Å². The minimum absolute atomic E-state index is 0.0982. The third-order valence-electron chi connectivity index (χ3n) is 3.25. The predicted molar refractivity (Wildman–Crippen MR) is 77.5 cm³/mol. The van der Waals surface area contributed by atoms with Crippen molar-refractivity contribution in [1.29, 1.82) is 0 Å². The summed E-state index contributed by atoms with van der Waals surface area (Å²) in [7, 11) is 0. The molecular weight excluding hydrogens is 236 g/mol. The molecule has 0 aliphatic rings. The van der Waals surface area contributed by atoms with Crippen molar-refractivity contribution in [2.75, 3.05) is 6.61 Å². The number of ether oxygens (including phenoxy) is 1. The van der Waals surface area contributed by atoms with Crippen molar-refractivity contribution in [2.24, 2.45) is 0 Å². The number of aliphatic hydroxyl groups is 1. The van der Waals surface area contributed by atoms with Gasteiger partial charge in [0.25, 0.3) is 0 Å². The monoisotopic (exact) mass is 256 g/mol. The Balaban J connectivity index is 1.90. The predicted octanol–water partition coefficient (Wildman–Crippen LogP) is 3.42. The number of hydrogen-bond acceptors (Lipinski definition) is 2. The second kappa shape index (κ2) is 6.39. The summed E-state index contributed by atoms with van der Waals surface area (Å²) in [5.41, 5.74) is 4.67. The molecule has 0 aromatic heterocycles. The van der Waals surface area contributed by atoms with Gasteiger partial charge in [0.1, 0.15) is 5.75 Å². The molecule has 0 saturated carbocycles. The third-order valence-corrected chi connectivity index (χ3v) is 3.25. The summed E-state index contributed by atoms with van der Waals surface area (Å²) in [5.74, 6) is 0.912. The van der Waals surface area contributed by atoms with Crippen molar-refractivity contribution in [3.8, 4) is 5.75 Å². The fraction of sp³-hybridized carbons (Fsp3) is 0.294. The van der Waals surface area contributed by atoms with Gasteiger partial charge in [0.05, 0.1) is 13.2 Å². The summed E-state index contributed by atoms with van der Waals surface area (Å²) in [6.45, 7) is 4.90. The zero-order chi connectivity index (χ0) is 13.7. The van der Waals surface area contributed by atoms with Gasteiger partial charge in [0.2, 0.25) is 0 Å². The Hall–Kier alpha value is -1.80. The van der Waals surface area contributed by atoms with E-state index < -0.39 is 0 Å². The molecule has 1 N–H and O–H groups in total. The van der Waals surface area contributed by atoms with Gasteiger partial charge in [-0.3, -0.25) is 0 Å². The van der Waals surface area contributed by atoms with Gasteiger partial charge in [-0.05, 0) is 42.7 Å². The van der Waals surface area contributed by atoms with Crippen LogP contribution in [-0.4, -0.2) is 11.7 Å². The van der Waals surface area contributed by atoms with E-state index in [9.17, 15) is 0 Å². The van der Waals surface area contributed by atoms with Gasteiger partial charge in [-0.25, -0.2) is 0 Å². The van der Waals surface area contributed by atoms with E-state index in [1.807, 2.05) is 24.3 Å². The summed E-state index contributed by atoms with van der Waals surface area (Å²) in [6, 6.07) is 14.2. The molecule has 0 saturated heterocycles. The Morgan fingerprint density at radius 3 is 2.37 bits per heavy atom.